The Morgan fingerprint density at radius 3 is 2.79 bits per heavy atom. The summed E-state index contributed by atoms with van der Waals surface area (Å²) in [6.45, 7) is 0. The molecule has 1 aromatic rings. The van der Waals surface area contributed by atoms with Crippen LogP contribution in [0.15, 0.2) is 11.0 Å². The maximum Gasteiger partial charge on any atom is 0.341 e. The van der Waals surface area contributed by atoms with Gasteiger partial charge in [0, 0.05) is 7.05 Å². The van der Waals surface area contributed by atoms with Crippen molar-refractivity contribution >= 4 is 5.97 Å². The van der Waals surface area contributed by atoms with Gasteiger partial charge in [-0.1, -0.05) is 0 Å². The molecule has 0 spiro atoms. The maximum atomic E-state index is 11.5. The quantitative estimate of drug-likeness (QED) is 0.737. The van der Waals surface area contributed by atoms with Crippen molar-refractivity contribution in [1.82, 2.24) is 9.78 Å². The van der Waals surface area contributed by atoms with Gasteiger partial charge >= 0.3 is 5.97 Å². The lowest BCUT2D eigenvalue weighted by molar-refractivity contribution is 0.0692. The first-order valence-corrected chi connectivity index (χ1v) is 4.40. The van der Waals surface area contributed by atoms with Gasteiger partial charge in [0.25, 0.3) is 5.56 Å². The Balaban J connectivity index is 2.65. The summed E-state index contributed by atoms with van der Waals surface area (Å²) in [5, 5.41) is 12.7. The van der Waals surface area contributed by atoms with Gasteiger partial charge in [-0.3, -0.25) is 4.79 Å². The normalized spacial score (nSPS) is 15.5. The third kappa shape index (κ3) is 1.30. The van der Waals surface area contributed by atoms with E-state index in [2.05, 4.69) is 5.10 Å². The molecule has 5 nitrogen and oxygen atoms in total. The molecule has 2 rings (SSSR count). The van der Waals surface area contributed by atoms with Crippen LogP contribution in [0.3, 0.4) is 0 Å². The summed E-state index contributed by atoms with van der Waals surface area (Å²) >= 11 is 0. The van der Waals surface area contributed by atoms with E-state index in [1.807, 2.05) is 0 Å². The first-order valence-electron chi connectivity index (χ1n) is 4.40. The number of nitrogens with zero attached hydrogens (tertiary/aromatic N) is 2. The second-order valence-electron chi connectivity index (χ2n) is 3.48. The molecule has 0 unspecified atom stereocenters. The average Bonchev–Trinajstić information content (AvgIpc) is 2.91. The minimum atomic E-state index is -1.16. The van der Waals surface area contributed by atoms with Gasteiger partial charge in [-0.2, -0.15) is 5.10 Å². The number of carboxylic acids is 1. The third-order valence-electron chi connectivity index (χ3n) is 2.40. The summed E-state index contributed by atoms with van der Waals surface area (Å²) in [6.07, 6.45) is 3.40. The van der Waals surface area contributed by atoms with Crippen LogP contribution < -0.4 is 5.56 Å². The van der Waals surface area contributed by atoms with Crippen molar-refractivity contribution in [1.29, 1.82) is 0 Å². The maximum absolute atomic E-state index is 11.5. The summed E-state index contributed by atoms with van der Waals surface area (Å²) in [5.41, 5.74) is -0.0625. The van der Waals surface area contributed by atoms with Crippen molar-refractivity contribution in [2.75, 3.05) is 0 Å². The highest BCUT2D eigenvalue weighted by Crippen LogP contribution is 2.40. The highest BCUT2D eigenvalue weighted by molar-refractivity contribution is 5.89. The van der Waals surface area contributed by atoms with E-state index in [-0.39, 0.29) is 11.5 Å². The molecule has 74 valence electrons. The lowest BCUT2D eigenvalue weighted by Gasteiger charge is -2.04. The standard InChI is InChI=1S/C9H10N2O3/c1-11-8(12)7(9(13)14)6(4-10-11)5-2-3-5/h4-5H,2-3H2,1H3,(H,13,14). The molecule has 0 bridgehead atoms. The van der Waals surface area contributed by atoms with Gasteiger partial charge in [-0.25, -0.2) is 9.48 Å². The molecule has 1 N–H and O–H groups in total. The molecule has 1 saturated carbocycles. The van der Waals surface area contributed by atoms with Crippen molar-refractivity contribution in [3.05, 3.63) is 27.7 Å². The molecule has 1 fully saturated rings. The third-order valence-corrected chi connectivity index (χ3v) is 2.40. The summed E-state index contributed by atoms with van der Waals surface area (Å²) in [6, 6.07) is 0. The molecule has 14 heavy (non-hydrogen) atoms. The smallest absolute Gasteiger partial charge is 0.341 e. The van der Waals surface area contributed by atoms with Crippen LogP contribution >= 0.6 is 0 Å². The van der Waals surface area contributed by atoms with Gasteiger partial charge in [-0.15, -0.1) is 0 Å². The zero-order chi connectivity index (χ0) is 10.3. The number of carbonyl (C=O) groups is 1. The molecule has 1 aromatic heterocycles. The number of hydrogen-bond acceptors (Lipinski definition) is 3. The second-order valence-corrected chi connectivity index (χ2v) is 3.48. The molecule has 1 heterocycles. The molecule has 1 aliphatic rings. The minimum Gasteiger partial charge on any atom is -0.477 e. The van der Waals surface area contributed by atoms with Gasteiger partial charge in [0.1, 0.15) is 5.56 Å². The molecule has 0 aromatic carbocycles. The van der Waals surface area contributed by atoms with E-state index in [9.17, 15) is 9.59 Å². The number of rotatable bonds is 2. The van der Waals surface area contributed by atoms with Crippen molar-refractivity contribution in [2.24, 2.45) is 7.05 Å². The van der Waals surface area contributed by atoms with Crippen LogP contribution in [0.4, 0.5) is 0 Å². The summed E-state index contributed by atoms with van der Waals surface area (Å²) in [5.74, 6) is -0.933. The molecule has 0 radical (unpaired) electrons. The van der Waals surface area contributed by atoms with Gasteiger partial charge in [-0.05, 0) is 24.3 Å². The number of hydrogen-bond donors (Lipinski definition) is 1. The number of carboxylic acid groups (broad SMARTS) is 1. The Bertz CT molecular complexity index is 446. The zero-order valence-electron chi connectivity index (χ0n) is 7.73. The Kier molecular flexibility index (Phi) is 1.87. The highest BCUT2D eigenvalue weighted by atomic mass is 16.4. The van der Waals surface area contributed by atoms with Crippen LogP contribution in [-0.2, 0) is 7.05 Å². The molecule has 0 aliphatic heterocycles. The van der Waals surface area contributed by atoms with E-state index in [4.69, 9.17) is 5.11 Å². The van der Waals surface area contributed by atoms with Gasteiger partial charge in [0.2, 0.25) is 0 Å². The van der Waals surface area contributed by atoms with Crippen molar-refractivity contribution in [3.63, 3.8) is 0 Å². The monoisotopic (exact) mass is 194 g/mol. The Hall–Kier alpha value is -1.65. The lowest BCUT2D eigenvalue weighted by Crippen LogP contribution is -2.27. The van der Waals surface area contributed by atoms with Crippen LogP contribution in [0, 0.1) is 0 Å². The minimum absolute atomic E-state index is 0.120. The number of aromatic nitrogens is 2. The van der Waals surface area contributed by atoms with Gasteiger partial charge in [0.15, 0.2) is 0 Å². The largest absolute Gasteiger partial charge is 0.477 e. The van der Waals surface area contributed by atoms with Gasteiger partial charge in [0.05, 0.1) is 6.20 Å². The Morgan fingerprint density at radius 1 is 1.64 bits per heavy atom. The van der Waals surface area contributed by atoms with Crippen LogP contribution in [-0.4, -0.2) is 20.9 Å². The van der Waals surface area contributed by atoms with Crippen molar-refractivity contribution in [2.45, 2.75) is 18.8 Å². The number of aromatic carboxylic acids is 1. The molecule has 0 atom stereocenters. The Morgan fingerprint density at radius 2 is 2.29 bits per heavy atom. The molecular formula is C9H10N2O3. The van der Waals surface area contributed by atoms with Crippen molar-refractivity contribution < 1.29 is 9.90 Å². The number of aryl methyl sites for hydroxylation is 1. The summed E-state index contributed by atoms with van der Waals surface area (Å²) in [4.78, 5) is 22.4. The van der Waals surface area contributed by atoms with E-state index in [1.54, 1.807) is 0 Å². The van der Waals surface area contributed by atoms with E-state index < -0.39 is 11.5 Å². The molecule has 1 aliphatic carbocycles. The van der Waals surface area contributed by atoms with Crippen LogP contribution in [0.1, 0.15) is 34.7 Å². The first kappa shape index (κ1) is 8.93. The zero-order valence-corrected chi connectivity index (χ0v) is 7.73. The average molecular weight is 194 g/mol. The second kappa shape index (κ2) is 2.94. The summed E-state index contributed by atoms with van der Waals surface area (Å²) in [7, 11) is 1.45. The topological polar surface area (TPSA) is 72.2 Å². The van der Waals surface area contributed by atoms with E-state index in [0.717, 1.165) is 17.5 Å². The molecular weight excluding hydrogens is 184 g/mol. The predicted molar refractivity (Wildman–Crippen MR) is 48.4 cm³/mol. The fraction of sp³-hybridized carbons (Fsp3) is 0.444. The van der Waals surface area contributed by atoms with Crippen LogP contribution in [0.25, 0.3) is 0 Å². The predicted octanol–water partition coefficient (Wildman–Crippen LogP) is 0.356. The van der Waals surface area contributed by atoms with Crippen LogP contribution in [0.2, 0.25) is 0 Å². The first-order chi connectivity index (χ1) is 6.61. The molecule has 0 saturated heterocycles. The van der Waals surface area contributed by atoms with Crippen LogP contribution in [0.5, 0.6) is 0 Å². The molecule has 0 amide bonds. The van der Waals surface area contributed by atoms with Gasteiger partial charge < -0.3 is 5.11 Å². The summed E-state index contributed by atoms with van der Waals surface area (Å²) < 4.78 is 1.05. The Labute approximate surface area is 80.0 Å². The van der Waals surface area contributed by atoms with E-state index in [0.29, 0.717) is 5.56 Å². The lowest BCUT2D eigenvalue weighted by atomic mass is 10.1. The fourth-order valence-corrected chi connectivity index (χ4v) is 1.47. The SMILES string of the molecule is Cn1ncc(C2CC2)c(C(=O)O)c1=O. The molecule has 5 heteroatoms. The van der Waals surface area contributed by atoms with E-state index >= 15 is 0 Å². The van der Waals surface area contributed by atoms with Crippen molar-refractivity contribution in [3.8, 4) is 0 Å². The fourth-order valence-electron chi connectivity index (χ4n) is 1.47. The highest BCUT2D eigenvalue weighted by Gasteiger charge is 2.30. The van der Waals surface area contributed by atoms with E-state index in [1.165, 1.54) is 13.2 Å².